The number of hydrogen-bond donors (Lipinski definition) is 0. The van der Waals surface area contributed by atoms with Crippen molar-refractivity contribution in [1.29, 1.82) is 0 Å². The summed E-state index contributed by atoms with van der Waals surface area (Å²) in [6.07, 6.45) is 0.487. The first-order valence-corrected chi connectivity index (χ1v) is 10.9. The van der Waals surface area contributed by atoms with Crippen molar-refractivity contribution in [2.24, 2.45) is 5.92 Å². The Morgan fingerprint density at radius 1 is 1.20 bits per heavy atom. The number of benzene rings is 1. The number of nitrogens with zero attached hydrogens (tertiary/aromatic N) is 2. The molecular weight excluding hydrogens is 336 g/mol. The molecule has 0 spiro atoms. The van der Waals surface area contributed by atoms with Crippen molar-refractivity contribution in [3.63, 3.8) is 0 Å². The van der Waals surface area contributed by atoms with E-state index in [1.54, 1.807) is 0 Å². The summed E-state index contributed by atoms with van der Waals surface area (Å²) >= 11 is 0. The van der Waals surface area contributed by atoms with Crippen molar-refractivity contribution in [2.75, 3.05) is 24.6 Å². The van der Waals surface area contributed by atoms with E-state index in [0.717, 1.165) is 13.1 Å². The second kappa shape index (κ2) is 7.08. The van der Waals surface area contributed by atoms with E-state index in [0.29, 0.717) is 13.0 Å². The molecule has 1 aromatic rings. The zero-order valence-electron chi connectivity index (χ0n) is 15.3. The fourth-order valence-corrected chi connectivity index (χ4v) is 6.05. The van der Waals surface area contributed by atoms with E-state index in [9.17, 15) is 13.2 Å². The van der Waals surface area contributed by atoms with Gasteiger partial charge in [-0.1, -0.05) is 43.7 Å². The van der Waals surface area contributed by atoms with E-state index in [1.165, 1.54) is 11.1 Å². The molecule has 0 bridgehead atoms. The number of hydrogen-bond acceptors (Lipinski definition) is 4. The van der Waals surface area contributed by atoms with Crippen LogP contribution >= 0.6 is 0 Å². The van der Waals surface area contributed by atoms with Gasteiger partial charge in [0.25, 0.3) is 0 Å². The number of aryl methyl sites for hydroxylation is 1. The van der Waals surface area contributed by atoms with Crippen LogP contribution in [0.3, 0.4) is 0 Å². The van der Waals surface area contributed by atoms with Gasteiger partial charge in [-0.15, -0.1) is 0 Å². The molecule has 0 aromatic heterocycles. The smallest absolute Gasteiger partial charge is 0.223 e. The molecular formula is C19H28N2O3S. The Labute approximate surface area is 150 Å². The van der Waals surface area contributed by atoms with Gasteiger partial charge in [0.15, 0.2) is 9.84 Å². The molecule has 0 saturated carbocycles. The van der Waals surface area contributed by atoms with Crippen LogP contribution in [0.5, 0.6) is 0 Å². The lowest BCUT2D eigenvalue weighted by Gasteiger charge is -2.44. The molecule has 2 heterocycles. The van der Waals surface area contributed by atoms with Gasteiger partial charge < -0.3 is 4.90 Å². The lowest BCUT2D eigenvalue weighted by molar-refractivity contribution is -0.137. The van der Waals surface area contributed by atoms with E-state index >= 15 is 0 Å². The van der Waals surface area contributed by atoms with Gasteiger partial charge >= 0.3 is 0 Å². The third kappa shape index (κ3) is 4.23. The van der Waals surface area contributed by atoms with Crippen LogP contribution in [0, 0.1) is 12.8 Å². The van der Waals surface area contributed by atoms with E-state index in [2.05, 4.69) is 30.0 Å². The van der Waals surface area contributed by atoms with E-state index in [4.69, 9.17) is 0 Å². The van der Waals surface area contributed by atoms with Gasteiger partial charge in [-0.25, -0.2) is 8.42 Å². The van der Waals surface area contributed by atoms with Crippen LogP contribution in [0.15, 0.2) is 24.3 Å². The van der Waals surface area contributed by atoms with Gasteiger partial charge in [-0.3, -0.25) is 9.69 Å². The molecule has 0 aliphatic carbocycles. The molecule has 1 amide bonds. The summed E-state index contributed by atoms with van der Waals surface area (Å²) in [5.74, 6) is 0.646. The van der Waals surface area contributed by atoms with Gasteiger partial charge in [0.2, 0.25) is 5.91 Å². The molecule has 1 aromatic carbocycles. The molecule has 0 radical (unpaired) electrons. The fourth-order valence-electron chi connectivity index (χ4n) is 4.04. The summed E-state index contributed by atoms with van der Waals surface area (Å²) in [4.78, 5) is 16.7. The van der Waals surface area contributed by atoms with E-state index in [-0.39, 0.29) is 35.4 Å². The summed E-state index contributed by atoms with van der Waals surface area (Å²) in [5.41, 5.74) is 2.41. The lowest BCUT2D eigenvalue weighted by Crippen LogP contribution is -2.60. The minimum absolute atomic E-state index is 0.0876. The molecule has 2 atom stereocenters. The first-order valence-electron chi connectivity index (χ1n) is 9.04. The molecule has 25 heavy (non-hydrogen) atoms. The Morgan fingerprint density at radius 2 is 1.92 bits per heavy atom. The van der Waals surface area contributed by atoms with Crippen molar-refractivity contribution in [2.45, 2.75) is 45.8 Å². The Hall–Kier alpha value is -1.40. The second-order valence-corrected chi connectivity index (χ2v) is 10.0. The number of rotatable bonds is 4. The maximum absolute atomic E-state index is 12.6. The molecule has 3 rings (SSSR count). The molecule has 0 N–H and O–H groups in total. The minimum Gasteiger partial charge on any atom is -0.336 e. The van der Waals surface area contributed by atoms with Crippen molar-refractivity contribution < 1.29 is 13.2 Å². The zero-order chi connectivity index (χ0) is 18.2. The third-order valence-electron chi connectivity index (χ3n) is 5.16. The van der Waals surface area contributed by atoms with Gasteiger partial charge in [0.05, 0.1) is 17.5 Å². The summed E-state index contributed by atoms with van der Waals surface area (Å²) in [6, 6.07) is 8.05. The van der Waals surface area contributed by atoms with Crippen molar-refractivity contribution >= 4 is 15.7 Å². The predicted octanol–water partition coefficient (Wildman–Crippen LogP) is 1.85. The van der Waals surface area contributed by atoms with Crippen molar-refractivity contribution in [1.82, 2.24) is 9.80 Å². The van der Waals surface area contributed by atoms with Crippen LogP contribution in [0.4, 0.5) is 0 Å². The summed E-state index contributed by atoms with van der Waals surface area (Å²) in [7, 11) is -3.09. The zero-order valence-corrected chi connectivity index (χ0v) is 16.1. The third-order valence-corrected chi connectivity index (χ3v) is 6.86. The molecule has 6 heteroatoms. The topological polar surface area (TPSA) is 57.7 Å². The summed E-state index contributed by atoms with van der Waals surface area (Å²) in [5, 5.41) is 0. The monoisotopic (exact) mass is 364 g/mol. The van der Waals surface area contributed by atoms with Crippen LogP contribution in [0.2, 0.25) is 0 Å². The van der Waals surface area contributed by atoms with Crippen molar-refractivity contribution in [3.05, 3.63) is 35.4 Å². The number of carbonyl (C=O) groups excluding carboxylic acids is 1. The minimum atomic E-state index is -3.09. The molecule has 5 nitrogen and oxygen atoms in total. The molecule has 138 valence electrons. The average Bonchev–Trinajstić information content (AvgIpc) is 2.82. The Bertz CT molecular complexity index is 745. The fraction of sp³-hybridized carbons (Fsp3) is 0.632. The highest BCUT2D eigenvalue weighted by Gasteiger charge is 2.47. The number of fused-ring (bicyclic) bond motifs is 1. The first kappa shape index (κ1) is 18.4. The van der Waals surface area contributed by atoms with Crippen LogP contribution in [0.1, 0.15) is 31.4 Å². The van der Waals surface area contributed by atoms with Crippen LogP contribution in [-0.2, 0) is 21.2 Å². The molecule has 2 saturated heterocycles. The Kier molecular flexibility index (Phi) is 5.21. The standard InChI is InChI=1S/C19H28N2O3S/c1-14(2)9-19(22)21-8-7-20(11-16-6-4-5-15(3)10-16)17-12-25(23,24)13-18(17)21/h4-6,10,14,17-18H,7-9,11-13H2,1-3H3/t17-,18+/m0/s1. The number of carbonyl (C=O) groups is 1. The highest BCUT2D eigenvalue weighted by molar-refractivity contribution is 7.91. The average molecular weight is 365 g/mol. The largest absolute Gasteiger partial charge is 0.336 e. The highest BCUT2D eigenvalue weighted by Crippen LogP contribution is 2.29. The van der Waals surface area contributed by atoms with E-state index in [1.807, 2.05) is 24.8 Å². The first-order chi connectivity index (χ1) is 11.7. The highest BCUT2D eigenvalue weighted by atomic mass is 32.2. The molecule has 2 aliphatic heterocycles. The quantitative estimate of drug-likeness (QED) is 0.818. The lowest BCUT2D eigenvalue weighted by atomic mass is 10.0. The van der Waals surface area contributed by atoms with Crippen LogP contribution in [0.25, 0.3) is 0 Å². The SMILES string of the molecule is Cc1cccc(CN2CCN(C(=O)CC(C)C)[C@@H]3CS(=O)(=O)C[C@@H]32)c1. The van der Waals surface area contributed by atoms with Gasteiger partial charge in [-0.2, -0.15) is 0 Å². The van der Waals surface area contributed by atoms with Crippen molar-refractivity contribution in [3.8, 4) is 0 Å². The molecule has 2 aliphatic rings. The maximum Gasteiger partial charge on any atom is 0.223 e. The number of sulfone groups is 1. The second-order valence-electron chi connectivity index (χ2n) is 7.86. The normalized spacial score (nSPS) is 26.0. The summed E-state index contributed by atoms with van der Waals surface area (Å²) in [6.45, 7) is 8.20. The summed E-state index contributed by atoms with van der Waals surface area (Å²) < 4.78 is 24.5. The van der Waals surface area contributed by atoms with Gasteiger partial charge in [-0.05, 0) is 18.4 Å². The van der Waals surface area contributed by atoms with Gasteiger partial charge in [0, 0.05) is 32.1 Å². The van der Waals surface area contributed by atoms with Crippen LogP contribution < -0.4 is 0 Å². The molecule has 2 fully saturated rings. The van der Waals surface area contributed by atoms with Gasteiger partial charge in [0.1, 0.15) is 0 Å². The van der Waals surface area contributed by atoms with E-state index < -0.39 is 9.84 Å². The molecule has 0 unspecified atom stereocenters. The number of amides is 1. The Morgan fingerprint density at radius 3 is 2.60 bits per heavy atom. The Balaban J connectivity index is 1.79. The number of piperazine rings is 1. The van der Waals surface area contributed by atoms with Crippen LogP contribution in [-0.4, -0.2) is 60.8 Å². The predicted molar refractivity (Wildman–Crippen MR) is 99.0 cm³/mol. The maximum atomic E-state index is 12.6.